The summed E-state index contributed by atoms with van der Waals surface area (Å²) >= 11 is 0. The summed E-state index contributed by atoms with van der Waals surface area (Å²) in [6.07, 6.45) is 5.85. The van der Waals surface area contributed by atoms with Crippen molar-refractivity contribution >= 4 is 71.3 Å². The van der Waals surface area contributed by atoms with Crippen LogP contribution < -0.4 is 0 Å². The van der Waals surface area contributed by atoms with Gasteiger partial charge in [-0.05, 0) is 102 Å². The lowest BCUT2D eigenvalue weighted by Gasteiger charge is -2.30. The number of nitrogens with zero attached hydrogens (tertiary/aromatic N) is 1. The van der Waals surface area contributed by atoms with E-state index in [1.165, 1.54) is 48.8 Å². The zero-order chi connectivity index (χ0) is 33.2. The van der Waals surface area contributed by atoms with Gasteiger partial charge < -0.3 is 4.57 Å². The molecule has 0 saturated carbocycles. The number of carbonyl (C=O) groups excluding carboxylic acids is 2. The molecular formula is C46H33NO2. The molecule has 1 aromatic heterocycles. The van der Waals surface area contributed by atoms with Gasteiger partial charge in [0, 0.05) is 16.5 Å². The molecule has 3 aliphatic carbocycles. The van der Waals surface area contributed by atoms with E-state index in [1.54, 1.807) is 0 Å². The van der Waals surface area contributed by atoms with Gasteiger partial charge in [0.2, 0.25) is 11.6 Å². The van der Waals surface area contributed by atoms with Crippen LogP contribution in [0.15, 0.2) is 133 Å². The molecule has 0 fully saturated rings. The van der Waals surface area contributed by atoms with E-state index in [0.717, 1.165) is 38.9 Å². The van der Waals surface area contributed by atoms with Gasteiger partial charge in [-0.3, -0.25) is 9.59 Å². The van der Waals surface area contributed by atoms with Crippen molar-refractivity contribution < 1.29 is 9.59 Å². The molecule has 7 aromatic carbocycles. The molecule has 0 N–H and O–H groups in total. The van der Waals surface area contributed by atoms with Gasteiger partial charge in [-0.1, -0.05) is 118 Å². The van der Waals surface area contributed by atoms with Crippen molar-refractivity contribution in [3.8, 4) is 16.8 Å². The first-order valence-electron chi connectivity index (χ1n) is 17.1. The van der Waals surface area contributed by atoms with Crippen molar-refractivity contribution in [2.45, 2.75) is 26.2 Å². The Kier molecular flexibility index (Phi) is 5.69. The first-order chi connectivity index (χ1) is 23.8. The lowest BCUT2D eigenvalue weighted by atomic mass is 9.71. The van der Waals surface area contributed by atoms with Gasteiger partial charge in [0.05, 0.1) is 22.9 Å². The predicted molar refractivity (Wildman–Crippen MR) is 203 cm³/mol. The van der Waals surface area contributed by atoms with Crippen molar-refractivity contribution in [1.82, 2.24) is 4.57 Å². The second-order valence-electron chi connectivity index (χ2n) is 14.8. The highest BCUT2D eigenvalue weighted by Crippen LogP contribution is 2.48. The first-order valence-corrected chi connectivity index (χ1v) is 17.1. The quantitative estimate of drug-likeness (QED) is 0.111. The molecule has 0 saturated heterocycles. The minimum absolute atomic E-state index is 0.0144. The topological polar surface area (TPSA) is 39.1 Å². The van der Waals surface area contributed by atoms with E-state index in [1.807, 2.05) is 18.2 Å². The third kappa shape index (κ3) is 3.96. The average Bonchev–Trinajstić information content (AvgIpc) is 3.45. The van der Waals surface area contributed by atoms with E-state index < -0.39 is 11.8 Å². The van der Waals surface area contributed by atoms with Crippen LogP contribution in [0, 0.1) is 11.8 Å². The molecule has 2 bridgehead atoms. The van der Waals surface area contributed by atoms with Crippen LogP contribution in [0.4, 0.5) is 0 Å². The van der Waals surface area contributed by atoms with Crippen LogP contribution in [0.3, 0.4) is 0 Å². The fraction of sp³-hybridized carbons (Fsp3) is 0.130. The normalized spacial score (nSPS) is 17.8. The van der Waals surface area contributed by atoms with Crippen molar-refractivity contribution in [2.24, 2.45) is 11.8 Å². The average molecular weight is 632 g/mol. The SMILES string of the molecule is CC(C)(C)c1cc2ccc3c(C4=CC5C=CC4C(=O)C5=O)cc(-c4ccc5c(c4)c4ccccc4n5-c4ccccc4)c4ccc(c1)c2c34. The summed E-state index contributed by atoms with van der Waals surface area (Å²) in [6.45, 7) is 6.78. The molecular weight excluding hydrogens is 599 g/mol. The summed E-state index contributed by atoms with van der Waals surface area (Å²) in [5, 5.41) is 9.59. The highest BCUT2D eigenvalue weighted by atomic mass is 16.2. The lowest BCUT2D eigenvalue weighted by molar-refractivity contribution is -0.139. The van der Waals surface area contributed by atoms with Gasteiger partial charge in [0.25, 0.3) is 0 Å². The summed E-state index contributed by atoms with van der Waals surface area (Å²) in [5.41, 5.74) is 9.00. The standard InChI is InChI=1S/C46H33NO2/c1-46(2,3)30-21-27-13-17-33-36(26-16-20-41-39(23-26)32-11-7-8-12-40(32)47(41)31-9-5-4-6-10-31)25-38(34-18-14-28(22-30)42(27)43(33)34)37-24-29-15-19-35(37)45(49)44(29)48/h4-25,29,35H,1-3H3. The van der Waals surface area contributed by atoms with Crippen molar-refractivity contribution in [3.05, 3.63) is 145 Å². The number of benzene rings is 7. The van der Waals surface area contributed by atoms with Crippen LogP contribution in [0.5, 0.6) is 0 Å². The van der Waals surface area contributed by atoms with E-state index in [4.69, 9.17) is 0 Å². The minimum Gasteiger partial charge on any atom is -0.309 e. The second kappa shape index (κ2) is 9.87. The highest BCUT2D eigenvalue weighted by molar-refractivity contribution is 6.44. The molecule has 2 unspecified atom stereocenters. The maximum Gasteiger partial charge on any atom is 0.210 e. The monoisotopic (exact) mass is 631 g/mol. The van der Waals surface area contributed by atoms with E-state index in [2.05, 4.69) is 141 Å². The van der Waals surface area contributed by atoms with Gasteiger partial charge >= 0.3 is 0 Å². The number of hydrogen-bond acceptors (Lipinski definition) is 2. The molecule has 234 valence electrons. The predicted octanol–water partition coefficient (Wildman–Crippen LogP) is 11.0. The molecule has 0 aliphatic heterocycles. The highest BCUT2D eigenvalue weighted by Gasteiger charge is 2.40. The van der Waals surface area contributed by atoms with E-state index in [0.29, 0.717) is 0 Å². The van der Waals surface area contributed by atoms with Crippen molar-refractivity contribution in [1.29, 1.82) is 0 Å². The maximum absolute atomic E-state index is 13.3. The third-order valence-corrected chi connectivity index (χ3v) is 10.9. The van der Waals surface area contributed by atoms with E-state index in [-0.39, 0.29) is 17.0 Å². The number of carbonyl (C=O) groups is 2. The van der Waals surface area contributed by atoms with Crippen LogP contribution in [0.1, 0.15) is 31.9 Å². The maximum atomic E-state index is 13.3. The van der Waals surface area contributed by atoms with Gasteiger partial charge in [-0.2, -0.15) is 0 Å². The number of Topliss-reactive ketones (excluding diaryl/α,β-unsaturated/α-hetero) is 2. The van der Waals surface area contributed by atoms with Crippen LogP contribution in [-0.4, -0.2) is 16.1 Å². The van der Waals surface area contributed by atoms with Gasteiger partial charge in [0.1, 0.15) is 0 Å². The Morgan fingerprint density at radius 2 is 1.27 bits per heavy atom. The molecule has 49 heavy (non-hydrogen) atoms. The Hall–Kier alpha value is -5.80. The van der Waals surface area contributed by atoms with Crippen LogP contribution >= 0.6 is 0 Å². The second-order valence-corrected chi connectivity index (χ2v) is 14.8. The molecule has 3 heteroatoms. The molecule has 2 atom stereocenters. The van der Waals surface area contributed by atoms with Crippen molar-refractivity contribution in [3.63, 3.8) is 0 Å². The molecule has 8 aromatic rings. The van der Waals surface area contributed by atoms with Crippen molar-refractivity contribution in [2.75, 3.05) is 0 Å². The molecule has 3 nitrogen and oxygen atoms in total. The summed E-state index contributed by atoms with van der Waals surface area (Å²) < 4.78 is 2.34. The Morgan fingerprint density at radius 1 is 0.571 bits per heavy atom. The molecule has 0 radical (unpaired) electrons. The van der Waals surface area contributed by atoms with Gasteiger partial charge in [0.15, 0.2) is 0 Å². The number of aromatic nitrogens is 1. The summed E-state index contributed by atoms with van der Waals surface area (Å²) in [5.74, 6) is -1.65. The number of hydrogen-bond donors (Lipinski definition) is 0. The van der Waals surface area contributed by atoms with Gasteiger partial charge in [-0.15, -0.1) is 0 Å². The molecule has 1 heterocycles. The molecule has 0 spiro atoms. The fourth-order valence-electron chi connectivity index (χ4n) is 8.48. The Labute approximate surface area is 284 Å². The van der Waals surface area contributed by atoms with Crippen LogP contribution in [0.25, 0.3) is 76.5 Å². The number of allylic oxidation sites excluding steroid dienone is 4. The number of para-hydroxylation sites is 2. The minimum atomic E-state index is -0.553. The first kappa shape index (κ1) is 28.2. The van der Waals surface area contributed by atoms with Crippen LogP contribution in [-0.2, 0) is 15.0 Å². The van der Waals surface area contributed by atoms with E-state index >= 15 is 0 Å². The fourth-order valence-corrected chi connectivity index (χ4v) is 8.48. The molecule has 11 rings (SSSR count). The Balaban J connectivity index is 1.30. The van der Waals surface area contributed by atoms with Crippen LogP contribution in [0.2, 0.25) is 0 Å². The van der Waals surface area contributed by atoms with Gasteiger partial charge in [-0.25, -0.2) is 0 Å². The third-order valence-electron chi connectivity index (χ3n) is 10.9. The summed E-state index contributed by atoms with van der Waals surface area (Å²) in [6, 6.07) is 41.9. The largest absolute Gasteiger partial charge is 0.309 e. The smallest absolute Gasteiger partial charge is 0.210 e. The summed E-state index contributed by atoms with van der Waals surface area (Å²) in [4.78, 5) is 26.1. The molecule has 0 amide bonds. The zero-order valence-corrected chi connectivity index (χ0v) is 27.6. The molecule has 3 aliphatic rings. The Morgan fingerprint density at radius 3 is 2.00 bits per heavy atom. The summed E-state index contributed by atoms with van der Waals surface area (Å²) in [7, 11) is 0. The number of fused-ring (bicyclic) bond motifs is 4. The number of rotatable bonds is 3. The number of ketones is 2. The zero-order valence-electron chi connectivity index (χ0n) is 27.6. The lowest BCUT2D eigenvalue weighted by Crippen LogP contribution is -2.36. The van der Waals surface area contributed by atoms with E-state index in [9.17, 15) is 9.59 Å². The Bertz CT molecular complexity index is 2770.